The SMILES string of the molecule is CO/C=C1\C(=O)OCC12C(=O)N(Cc1ccccc1)c1ccccc12. The maximum atomic E-state index is 13.4. The third kappa shape index (κ3) is 2.16. The molecule has 1 atom stereocenters. The van der Waals surface area contributed by atoms with Crippen molar-refractivity contribution in [3.8, 4) is 0 Å². The van der Waals surface area contributed by atoms with Crippen LogP contribution >= 0.6 is 0 Å². The highest BCUT2D eigenvalue weighted by atomic mass is 16.5. The average Bonchev–Trinajstić information content (AvgIpc) is 3.09. The number of cyclic esters (lactones) is 1. The van der Waals surface area contributed by atoms with Crippen molar-refractivity contribution in [1.82, 2.24) is 0 Å². The van der Waals surface area contributed by atoms with Gasteiger partial charge in [-0.3, -0.25) is 4.79 Å². The van der Waals surface area contributed by atoms with E-state index < -0.39 is 11.4 Å². The van der Waals surface area contributed by atoms with E-state index in [0.29, 0.717) is 6.54 Å². The van der Waals surface area contributed by atoms with Crippen molar-refractivity contribution < 1.29 is 19.1 Å². The largest absolute Gasteiger partial charge is 0.504 e. The molecule has 4 rings (SSSR count). The summed E-state index contributed by atoms with van der Waals surface area (Å²) in [4.78, 5) is 27.3. The number of hydrogen-bond acceptors (Lipinski definition) is 4. The van der Waals surface area contributed by atoms with Crippen LogP contribution < -0.4 is 4.90 Å². The highest BCUT2D eigenvalue weighted by Crippen LogP contribution is 2.50. The van der Waals surface area contributed by atoms with E-state index in [0.717, 1.165) is 16.8 Å². The number of benzene rings is 2. The van der Waals surface area contributed by atoms with Crippen molar-refractivity contribution in [2.24, 2.45) is 0 Å². The van der Waals surface area contributed by atoms with Crippen LogP contribution in [0, 0.1) is 0 Å². The Kier molecular flexibility index (Phi) is 3.57. The number of hydrogen-bond donors (Lipinski definition) is 0. The minimum absolute atomic E-state index is 0.00215. The van der Waals surface area contributed by atoms with Crippen molar-refractivity contribution in [2.45, 2.75) is 12.0 Å². The first kappa shape index (κ1) is 15.4. The normalized spacial score (nSPS) is 23.2. The highest BCUT2D eigenvalue weighted by molar-refractivity contribution is 6.16. The first-order valence-electron chi connectivity index (χ1n) is 8.04. The third-order valence-electron chi connectivity index (χ3n) is 4.78. The Labute approximate surface area is 145 Å². The monoisotopic (exact) mass is 335 g/mol. The zero-order valence-corrected chi connectivity index (χ0v) is 13.8. The van der Waals surface area contributed by atoms with Gasteiger partial charge in [-0.15, -0.1) is 0 Å². The molecule has 1 fully saturated rings. The van der Waals surface area contributed by atoms with E-state index in [4.69, 9.17) is 9.47 Å². The summed E-state index contributed by atoms with van der Waals surface area (Å²) < 4.78 is 10.3. The lowest BCUT2D eigenvalue weighted by molar-refractivity contribution is -0.135. The number of carbonyl (C=O) groups excluding carboxylic acids is 2. The van der Waals surface area contributed by atoms with Gasteiger partial charge in [0, 0.05) is 5.69 Å². The molecule has 126 valence electrons. The lowest BCUT2D eigenvalue weighted by atomic mass is 9.77. The molecule has 0 saturated carbocycles. The number of rotatable bonds is 3. The molecule has 1 saturated heterocycles. The molecular weight excluding hydrogens is 318 g/mol. The summed E-state index contributed by atoms with van der Waals surface area (Å²) in [6.07, 6.45) is 1.33. The molecule has 1 unspecified atom stereocenters. The minimum atomic E-state index is -1.13. The van der Waals surface area contributed by atoms with E-state index in [1.165, 1.54) is 13.4 Å². The van der Waals surface area contributed by atoms with Gasteiger partial charge in [0.05, 0.1) is 25.5 Å². The van der Waals surface area contributed by atoms with Crippen molar-refractivity contribution in [1.29, 1.82) is 0 Å². The Bertz CT molecular complexity index is 874. The highest BCUT2D eigenvalue weighted by Gasteiger charge is 2.60. The van der Waals surface area contributed by atoms with E-state index in [1.54, 1.807) is 4.90 Å². The second kappa shape index (κ2) is 5.77. The van der Waals surface area contributed by atoms with E-state index in [9.17, 15) is 9.59 Å². The molecule has 25 heavy (non-hydrogen) atoms. The predicted molar refractivity (Wildman–Crippen MR) is 91.8 cm³/mol. The summed E-state index contributed by atoms with van der Waals surface area (Å²) in [7, 11) is 1.46. The van der Waals surface area contributed by atoms with Gasteiger partial charge in [-0.1, -0.05) is 48.5 Å². The number of carbonyl (C=O) groups is 2. The summed E-state index contributed by atoms with van der Waals surface area (Å²) >= 11 is 0. The van der Waals surface area contributed by atoms with Gasteiger partial charge in [0.1, 0.15) is 12.0 Å². The number of fused-ring (bicyclic) bond motifs is 2. The quantitative estimate of drug-likeness (QED) is 0.491. The van der Waals surface area contributed by atoms with Crippen molar-refractivity contribution in [2.75, 3.05) is 18.6 Å². The van der Waals surface area contributed by atoms with E-state index in [2.05, 4.69) is 0 Å². The van der Waals surface area contributed by atoms with E-state index >= 15 is 0 Å². The number of ether oxygens (including phenoxy) is 2. The first-order chi connectivity index (χ1) is 12.2. The zero-order chi connectivity index (χ0) is 17.4. The molecular formula is C20H17NO4. The molecule has 1 amide bonds. The number of anilines is 1. The summed E-state index contributed by atoms with van der Waals surface area (Å²) in [5.74, 6) is -0.668. The van der Waals surface area contributed by atoms with Crippen LogP contribution in [-0.4, -0.2) is 25.6 Å². The molecule has 0 aromatic heterocycles. The number of nitrogens with zero attached hydrogens (tertiary/aromatic N) is 1. The van der Waals surface area contributed by atoms with Gasteiger partial charge < -0.3 is 14.4 Å². The number of esters is 1. The lowest BCUT2D eigenvalue weighted by Gasteiger charge is -2.22. The van der Waals surface area contributed by atoms with Crippen LogP contribution in [0.4, 0.5) is 5.69 Å². The van der Waals surface area contributed by atoms with Crippen LogP contribution in [0.3, 0.4) is 0 Å². The Morgan fingerprint density at radius 3 is 2.60 bits per heavy atom. The summed E-state index contributed by atoms with van der Waals surface area (Å²) in [6, 6.07) is 17.3. The third-order valence-corrected chi connectivity index (χ3v) is 4.78. The fraction of sp³-hybridized carbons (Fsp3) is 0.200. The molecule has 2 aliphatic rings. The van der Waals surface area contributed by atoms with Crippen LogP contribution in [0.2, 0.25) is 0 Å². The molecule has 5 heteroatoms. The van der Waals surface area contributed by atoms with E-state index in [-0.39, 0.29) is 18.1 Å². The summed E-state index contributed by atoms with van der Waals surface area (Å²) in [5.41, 5.74) is 1.73. The lowest BCUT2D eigenvalue weighted by Crippen LogP contribution is -2.42. The molecule has 2 heterocycles. The Balaban J connectivity index is 1.85. The van der Waals surface area contributed by atoms with Gasteiger partial charge in [0.15, 0.2) is 0 Å². The molecule has 2 aromatic rings. The second-order valence-corrected chi connectivity index (χ2v) is 6.14. The standard InChI is InChI=1S/C20H17NO4/c1-24-12-16-18(22)25-13-20(16)15-9-5-6-10-17(15)21(19(20)23)11-14-7-3-2-4-8-14/h2-10,12H,11,13H2,1H3/b16-12+. The molecule has 5 nitrogen and oxygen atoms in total. The fourth-order valence-electron chi connectivity index (χ4n) is 3.62. The van der Waals surface area contributed by atoms with Crippen LogP contribution in [0.15, 0.2) is 66.4 Å². The second-order valence-electron chi connectivity index (χ2n) is 6.14. The van der Waals surface area contributed by atoms with Crippen LogP contribution in [0.25, 0.3) is 0 Å². The number of methoxy groups -OCH3 is 1. The van der Waals surface area contributed by atoms with Gasteiger partial charge in [-0.25, -0.2) is 4.79 Å². The van der Waals surface area contributed by atoms with Crippen molar-refractivity contribution in [3.63, 3.8) is 0 Å². The zero-order valence-electron chi connectivity index (χ0n) is 13.8. The number of para-hydroxylation sites is 1. The molecule has 0 radical (unpaired) electrons. The average molecular weight is 335 g/mol. The maximum Gasteiger partial charge on any atom is 0.338 e. The van der Waals surface area contributed by atoms with E-state index in [1.807, 2.05) is 54.6 Å². The van der Waals surface area contributed by atoms with Gasteiger partial charge in [0.25, 0.3) is 0 Å². The van der Waals surface area contributed by atoms with Crippen molar-refractivity contribution in [3.05, 3.63) is 77.6 Å². The smallest absolute Gasteiger partial charge is 0.338 e. The first-order valence-corrected chi connectivity index (χ1v) is 8.04. The summed E-state index contributed by atoms with van der Waals surface area (Å²) in [5, 5.41) is 0. The summed E-state index contributed by atoms with van der Waals surface area (Å²) in [6.45, 7) is 0.440. The van der Waals surface area contributed by atoms with Crippen LogP contribution in [-0.2, 0) is 31.0 Å². The Morgan fingerprint density at radius 1 is 1.12 bits per heavy atom. The topological polar surface area (TPSA) is 55.8 Å². The minimum Gasteiger partial charge on any atom is -0.504 e. The van der Waals surface area contributed by atoms with Gasteiger partial charge in [-0.05, 0) is 17.2 Å². The Hall–Kier alpha value is -3.08. The molecule has 0 bridgehead atoms. The Morgan fingerprint density at radius 2 is 1.84 bits per heavy atom. The molecule has 0 aliphatic carbocycles. The maximum absolute atomic E-state index is 13.4. The number of amides is 1. The predicted octanol–water partition coefficient (Wildman–Crippen LogP) is 2.56. The van der Waals surface area contributed by atoms with Gasteiger partial charge in [-0.2, -0.15) is 0 Å². The molecule has 2 aliphatic heterocycles. The molecule has 1 spiro atoms. The van der Waals surface area contributed by atoms with Crippen molar-refractivity contribution >= 4 is 17.6 Å². The van der Waals surface area contributed by atoms with Crippen LogP contribution in [0.1, 0.15) is 11.1 Å². The van der Waals surface area contributed by atoms with Crippen LogP contribution in [0.5, 0.6) is 0 Å². The fourth-order valence-corrected chi connectivity index (χ4v) is 3.62. The van der Waals surface area contributed by atoms with Gasteiger partial charge in [0.2, 0.25) is 5.91 Å². The molecule has 0 N–H and O–H groups in total. The van der Waals surface area contributed by atoms with Gasteiger partial charge >= 0.3 is 5.97 Å². The molecule has 2 aromatic carbocycles.